The van der Waals surface area contributed by atoms with Crippen molar-refractivity contribution in [2.75, 3.05) is 39.1 Å². The monoisotopic (exact) mass is 461 g/mol. The van der Waals surface area contributed by atoms with E-state index in [-0.39, 0.29) is 29.7 Å². The molecule has 0 radical (unpaired) electrons. The number of ether oxygens (including phenoxy) is 1. The average molecular weight is 461 g/mol. The molecule has 1 fully saturated rings. The van der Waals surface area contributed by atoms with Crippen LogP contribution in [-0.4, -0.2) is 58.2 Å². The summed E-state index contributed by atoms with van der Waals surface area (Å²) in [5.74, 6) is 1.53. The van der Waals surface area contributed by atoms with Crippen molar-refractivity contribution >= 4 is 39.8 Å². The van der Waals surface area contributed by atoms with E-state index in [4.69, 9.17) is 4.74 Å². The van der Waals surface area contributed by atoms with Gasteiger partial charge in [-0.1, -0.05) is 0 Å². The van der Waals surface area contributed by atoms with Gasteiger partial charge < -0.3 is 15.4 Å². The summed E-state index contributed by atoms with van der Waals surface area (Å²) in [6.45, 7) is 7.91. The van der Waals surface area contributed by atoms with E-state index in [9.17, 15) is 8.42 Å². The molecule has 0 atom stereocenters. The molecule has 0 aromatic rings. The van der Waals surface area contributed by atoms with Gasteiger partial charge in [-0.3, -0.25) is 4.99 Å². The lowest BCUT2D eigenvalue weighted by atomic mass is 10.3. The van der Waals surface area contributed by atoms with Crippen LogP contribution < -0.4 is 10.6 Å². The van der Waals surface area contributed by atoms with Crippen LogP contribution in [0.4, 0.5) is 0 Å². The van der Waals surface area contributed by atoms with E-state index in [2.05, 4.69) is 15.6 Å². The zero-order chi connectivity index (χ0) is 16.6. The quantitative estimate of drug-likeness (QED) is 0.237. The number of rotatable bonds is 9. The number of nitrogens with zero attached hydrogens (tertiary/aromatic N) is 1. The average Bonchev–Trinajstić information content (AvgIpc) is 3.23. The largest absolute Gasteiger partial charge is 0.381 e. The van der Waals surface area contributed by atoms with Gasteiger partial charge in [-0.2, -0.15) is 0 Å². The van der Waals surface area contributed by atoms with Crippen LogP contribution in [0.25, 0.3) is 0 Å². The summed E-state index contributed by atoms with van der Waals surface area (Å²) in [7, 11) is -1.42. The number of sulfone groups is 1. The molecule has 1 saturated carbocycles. The maximum absolute atomic E-state index is 12.0. The third kappa shape index (κ3) is 9.71. The highest BCUT2D eigenvalue weighted by Crippen LogP contribution is 2.28. The molecule has 2 N–H and O–H groups in total. The molecule has 1 aliphatic rings. The Balaban J connectivity index is 0.00000484. The molecule has 0 aliphatic heterocycles. The normalized spacial score (nSPS) is 15.9. The van der Waals surface area contributed by atoms with Crippen LogP contribution in [0.5, 0.6) is 0 Å². The van der Waals surface area contributed by atoms with Crippen molar-refractivity contribution in [1.29, 1.82) is 0 Å². The highest BCUT2D eigenvalue weighted by Gasteiger charge is 2.28. The first-order valence-corrected chi connectivity index (χ1v) is 9.66. The van der Waals surface area contributed by atoms with Crippen LogP contribution >= 0.6 is 24.0 Å². The lowest BCUT2D eigenvalue weighted by Crippen LogP contribution is -2.42. The van der Waals surface area contributed by atoms with E-state index in [1.165, 1.54) is 12.8 Å². The van der Waals surface area contributed by atoms with Crippen molar-refractivity contribution in [3.05, 3.63) is 0 Å². The minimum atomic E-state index is -3.10. The van der Waals surface area contributed by atoms with Gasteiger partial charge in [0.25, 0.3) is 0 Å². The summed E-state index contributed by atoms with van der Waals surface area (Å²) >= 11 is 0. The van der Waals surface area contributed by atoms with E-state index in [0.717, 1.165) is 32.1 Å². The molecule has 0 bridgehead atoms. The number of aliphatic imine (C=N–C) groups is 1. The van der Waals surface area contributed by atoms with Crippen LogP contribution in [0, 0.1) is 5.92 Å². The van der Waals surface area contributed by atoms with Crippen LogP contribution in [0.3, 0.4) is 0 Å². The minimum Gasteiger partial charge on any atom is -0.381 e. The molecule has 0 aromatic heterocycles. The van der Waals surface area contributed by atoms with Crippen molar-refractivity contribution in [2.45, 2.75) is 44.8 Å². The first-order chi connectivity index (χ1) is 10.3. The van der Waals surface area contributed by atoms with Gasteiger partial charge in [0.2, 0.25) is 0 Å². The molecule has 1 rings (SSSR count). The summed E-state index contributed by atoms with van der Waals surface area (Å²) < 4.78 is 28.8. The van der Waals surface area contributed by atoms with Crippen molar-refractivity contribution in [3.8, 4) is 0 Å². The Kier molecular flexibility index (Phi) is 10.7. The molecule has 6 nitrogen and oxygen atoms in total. The Morgan fingerprint density at radius 3 is 2.35 bits per heavy atom. The number of hydrogen-bond acceptors (Lipinski definition) is 4. The molecular formula is C15H32IN3O3S. The van der Waals surface area contributed by atoms with E-state index >= 15 is 0 Å². The van der Waals surface area contributed by atoms with Gasteiger partial charge in [-0.15, -0.1) is 24.0 Å². The van der Waals surface area contributed by atoms with E-state index < -0.39 is 14.6 Å². The van der Waals surface area contributed by atoms with Gasteiger partial charge in [0.15, 0.2) is 15.8 Å². The molecule has 0 heterocycles. The number of hydrogen-bond donors (Lipinski definition) is 2. The van der Waals surface area contributed by atoms with Crippen LogP contribution in [0.1, 0.15) is 40.0 Å². The fourth-order valence-electron chi connectivity index (χ4n) is 1.75. The Hall–Kier alpha value is -0.0900. The minimum absolute atomic E-state index is 0. The standard InChI is InChI=1S/C15H31N3O3S.HI/c1-15(2,3)22(19,20)11-9-18-14(16-4)17-8-5-10-21-12-13-6-7-13;/h13H,5-12H2,1-4H3,(H2,16,17,18);1H. The number of halogens is 1. The second kappa shape index (κ2) is 10.7. The van der Waals surface area contributed by atoms with Gasteiger partial charge in [0.05, 0.1) is 10.5 Å². The Labute approximate surface area is 158 Å². The molecule has 138 valence electrons. The third-order valence-electron chi connectivity index (χ3n) is 3.63. The predicted molar refractivity (Wildman–Crippen MR) is 106 cm³/mol. The highest BCUT2D eigenvalue weighted by atomic mass is 127. The van der Waals surface area contributed by atoms with E-state index in [1.54, 1.807) is 27.8 Å². The van der Waals surface area contributed by atoms with Crippen LogP contribution in [-0.2, 0) is 14.6 Å². The second-order valence-electron chi connectivity index (χ2n) is 6.73. The molecule has 1 aliphatic carbocycles. The summed E-state index contributed by atoms with van der Waals surface area (Å²) in [5.41, 5.74) is 0. The SMILES string of the molecule is CN=C(NCCCOCC1CC1)NCCS(=O)(=O)C(C)(C)C.I. The molecule has 0 spiro atoms. The molecular weight excluding hydrogens is 429 g/mol. The summed E-state index contributed by atoms with van der Waals surface area (Å²) in [6.07, 6.45) is 3.53. The van der Waals surface area contributed by atoms with E-state index in [1.807, 2.05) is 0 Å². The van der Waals surface area contributed by atoms with Crippen molar-refractivity contribution in [2.24, 2.45) is 10.9 Å². The zero-order valence-electron chi connectivity index (χ0n) is 14.7. The molecule has 23 heavy (non-hydrogen) atoms. The van der Waals surface area contributed by atoms with Gasteiger partial charge in [0.1, 0.15) is 0 Å². The second-order valence-corrected chi connectivity index (χ2v) is 9.59. The van der Waals surface area contributed by atoms with Gasteiger partial charge in [0, 0.05) is 33.4 Å². The van der Waals surface area contributed by atoms with E-state index in [0.29, 0.717) is 12.5 Å². The first-order valence-electron chi connectivity index (χ1n) is 8.01. The van der Waals surface area contributed by atoms with Gasteiger partial charge in [-0.05, 0) is 46.0 Å². The fraction of sp³-hybridized carbons (Fsp3) is 0.933. The smallest absolute Gasteiger partial charge is 0.191 e. The van der Waals surface area contributed by atoms with Gasteiger partial charge in [-0.25, -0.2) is 8.42 Å². The number of nitrogens with one attached hydrogen (secondary N) is 2. The zero-order valence-corrected chi connectivity index (χ0v) is 17.9. The fourth-order valence-corrected chi connectivity index (χ4v) is 2.73. The van der Waals surface area contributed by atoms with Crippen molar-refractivity contribution in [3.63, 3.8) is 0 Å². The summed E-state index contributed by atoms with van der Waals surface area (Å²) in [4.78, 5) is 4.08. The Morgan fingerprint density at radius 2 is 1.83 bits per heavy atom. The topological polar surface area (TPSA) is 79.8 Å². The van der Waals surface area contributed by atoms with Crippen LogP contribution in [0.2, 0.25) is 0 Å². The Bertz CT molecular complexity index is 457. The summed E-state index contributed by atoms with van der Waals surface area (Å²) in [6, 6.07) is 0. The summed E-state index contributed by atoms with van der Waals surface area (Å²) in [5, 5.41) is 6.20. The van der Waals surface area contributed by atoms with Crippen molar-refractivity contribution in [1.82, 2.24) is 10.6 Å². The maximum atomic E-state index is 12.0. The highest BCUT2D eigenvalue weighted by molar-refractivity contribution is 14.0. The van der Waals surface area contributed by atoms with Gasteiger partial charge >= 0.3 is 0 Å². The molecule has 0 unspecified atom stereocenters. The lowest BCUT2D eigenvalue weighted by Gasteiger charge is -2.19. The maximum Gasteiger partial charge on any atom is 0.191 e. The number of guanidine groups is 1. The molecule has 0 saturated heterocycles. The van der Waals surface area contributed by atoms with Crippen LogP contribution in [0.15, 0.2) is 4.99 Å². The molecule has 0 aromatic carbocycles. The molecule has 0 amide bonds. The third-order valence-corrected chi connectivity index (χ3v) is 6.24. The lowest BCUT2D eigenvalue weighted by molar-refractivity contribution is 0.123. The first kappa shape index (κ1) is 22.9. The predicted octanol–water partition coefficient (Wildman–Crippen LogP) is 1.80. The Morgan fingerprint density at radius 1 is 1.22 bits per heavy atom. The van der Waals surface area contributed by atoms with Crippen molar-refractivity contribution < 1.29 is 13.2 Å². The molecule has 8 heteroatoms.